The maximum Gasteiger partial charge on any atom is 0.327 e. The largest absolute Gasteiger partial charge is 0.480 e. The van der Waals surface area contributed by atoms with Crippen LogP contribution in [0.1, 0.15) is 31.2 Å². The summed E-state index contributed by atoms with van der Waals surface area (Å²) >= 11 is 3.98. The van der Waals surface area contributed by atoms with Crippen LogP contribution in [0.5, 0.6) is 0 Å². The fourth-order valence-electron chi connectivity index (χ4n) is 3.81. The van der Waals surface area contributed by atoms with Crippen molar-refractivity contribution < 1.29 is 29.1 Å². The Balaban J connectivity index is 2.29. The molecule has 0 aliphatic heterocycles. The molecule has 208 valence electrons. The van der Waals surface area contributed by atoms with Gasteiger partial charge in [-0.2, -0.15) is 12.6 Å². The molecular weight excluding hydrogens is 514 g/mol. The van der Waals surface area contributed by atoms with Crippen LogP contribution in [0.4, 0.5) is 0 Å². The quantitative estimate of drug-likeness (QED) is 0.0881. The number of carboxylic acid groups (broad SMARTS) is 1. The van der Waals surface area contributed by atoms with Gasteiger partial charge in [-0.3, -0.25) is 19.2 Å². The van der Waals surface area contributed by atoms with E-state index in [4.69, 9.17) is 17.2 Å². The number of carbonyl (C=O) groups excluding carboxylic acids is 4. The Morgan fingerprint density at radius 2 is 1.58 bits per heavy atom. The van der Waals surface area contributed by atoms with Gasteiger partial charge in [0.15, 0.2) is 0 Å². The molecule has 0 saturated heterocycles. The highest BCUT2D eigenvalue weighted by molar-refractivity contribution is 7.80. The highest BCUT2D eigenvalue weighted by atomic mass is 32.1. The van der Waals surface area contributed by atoms with Crippen LogP contribution in [0.15, 0.2) is 30.5 Å². The van der Waals surface area contributed by atoms with Gasteiger partial charge in [0.25, 0.3) is 0 Å². The molecule has 2 aromatic rings. The number of primary amides is 1. The van der Waals surface area contributed by atoms with Crippen molar-refractivity contribution in [2.45, 2.75) is 56.3 Å². The van der Waals surface area contributed by atoms with Crippen LogP contribution in [0, 0.1) is 0 Å². The van der Waals surface area contributed by atoms with Crippen LogP contribution < -0.4 is 33.2 Å². The molecule has 0 spiro atoms. The molecule has 0 aliphatic rings. The summed E-state index contributed by atoms with van der Waals surface area (Å²) in [5.74, 6) is -4.38. The smallest absolute Gasteiger partial charge is 0.327 e. The predicted octanol–water partition coefficient (Wildman–Crippen LogP) is -1.49. The second-order valence-electron chi connectivity index (χ2n) is 8.83. The highest BCUT2D eigenvalue weighted by Crippen LogP contribution is 2.19. The average molecular weight is 550 g/mol. The number of carbonyl (C=O) groups is 5. The van der Waals surface area contributed by atoms with Gasteiger partial charge in [-0.15, -0.1) is 0 Å². The Kier molecular flexibility index (Phi) is 12.0. The molecule has 4 atom stereocenters. The molecule has 11 N–H and O–H groups in total. The number of aromatic nitrogens is 1. The summed E-state index contributed by atoms with van der Waals surface area (Å²) in [6.07, 6.45) is 2.58. The van der Waals surface area contributed by atoms with Crippen LogP contribution >= 0.6 is 12.6 Å². The zero-order valence-electron chi connectivity index (χ0n) is 20.8. The Morgan fingerprint density at radius 3 is 2.21 bits per heavy atom. The van der Waals surface area contributed by atoms with E-state index in [1.165, 1.54) is 0 Å². The van der Waals surface area contributed by atoms with Crippen molar-refractivity contribution in [2.24, 2.45) is 17.2 Å². The Labute approximate surface area is 225 Å². The van der Waals surface area contributed by atoms with E-state index >= 15 is 0 Å². The number of benzene rings is 1. The topological polar surface area (TPSA) is 236 Å². The van der Waals surface area contributed by atoms with Crippen molar-refractivity contribution >= 4 is 53.1 Å². The van der Waals surface area contributed by atoms with Gasteiger partial charge in [-0.25, -0.2) is 4.79 Å². The van der Waals surface area contributed by atoms with Gasteiger partial charge < -0.3 is 43.2 Å². The van der Waals surface area contributed by atoms with Gasteiger partial charge in [0, 0.05) is 29.3 Å². The summed E-state index contributed by atoms with van der Waals surface area (Å²) in [5, 5.41) is 17.7. The van der Waals surface area contributed by atoms with E-state index in [-0.39, 0.29) is 18.6 Å². The lowest BCUT2D eigenvalue weighted by Crippen LogP contribution is -2.58. The second-order valence-corrected chi connectivity index (χ2v) is 9.19. The van der Waals surface area contributed by atoms with Gasteiger partial charge in [0.05, 0.1) is 12.5 Å². The number of nitrogens with one attached hydrogen (secondary N) is 4. The molecular formula is C24H35N7O6S. The van der Waals surface area contributed by atoms with Crippen LogP contribution in [0.2, 0.25) is 0 Å². The first-order valence-corrected chi connectivity index (χ1v) is 12.7. The maximum atomic E-state index is 13.3. The normalized spacial score (nSPS) is 14.2. The third-order valence-corrected chi connectivity index (χ3v) is 6.23. The van der Waals surface area contributed by atoms with Crippen LogP contribution in [-0.4, -0.2) is 76.2 Å². The van der Waals surface area contributed by atoms with E-state index in [2.05, 4.69) is 33.6 Å². The first-order chi connectivity index (χ1) is 18.1. The fourth-order valence-corrected chi connectivity index (χ4v) is 4.06. The average Bonchev–Trinajstić information content (AvgIpc) is 3.28. The van der Waals surface area contributed by atoms with E-state index < -0.39 is 60.2 Å². The second kappa shape index (κ2) is 15.0. The van der Waals surface area contributed by atoms with Crippen LogP contribution in [0.25, 0.3) is 10.9 Å². The van der Waals surface area contributed by atoms with Gasteiger partial charge in [0.2, 0.25) is 23.6 Å². The minimum Gasteiger partial charge on any atom is -0.480 e. The van der Waals surface area contributed by atoms with Crippen LogP contribution in [-0.2, 0) is 30.4 Å². The fraction of sp³-hybridized carbons (Fsp3) is 0.458. The minimum atomic E-state index is -1.28. The molecule has 4 amide bonds. The number of para-hydroxylation sites is 1. The number of hydrogen-bond acceptors (Lipinski definition) is 8. The first-order valence-electron chi connectivity index (χ1n) is 12.1. The Hall–Kier alpha value is -3.62. The molecule has 2 rings (SSSR count). The molecule has 38 heavy (non-hydrogen) atoms. The molecule has 4 unspecified atom stereocenters. The summed E-state index contributed by atoms with van der Waals surface area (Å²) in [7, 11) is 0. The summed E-state index contributed by atoms with van der Waals surface area (Å²) in [4.78, 5) is 64.6. The number of fused-ring (bicyclic) bond motifs is 1. The summed E-state index contributed by atoms with van der Waals surface area (Å²) in [6.45, 7) is 0.370. The lowest BCUT2D eigenvalue weighted by Gasteiger charge is -2.25. The zero-order chi connectivity index (χ0) is 28.2. The molecule has 1 aromatic carbocycles. The number of aliphatic carboxylic acids is 1. The molecule has 0 radical (unpaired) electrons. The lowest BCUT2D eigenvalue weighted by atomic mass is 10.0. The standard InChI is InChI=1S/C24H35N7O6S/c25-8-4-3-7-17(29-21(33)15(26)10-20(27)32)22(34)30-18(23(35)31-19(12-38)24(36)37)9-13-11-28-16-6-2-1-5-14(13)16/h1-2,5-6,11,15,17-19,28,38H,3-4,7-10,12,25-26H2,(H2,27,32)(H,29,33)(H,30,34)(H,31,35)(H,36,37). The number of nitrogens with two attached hydrogens (primary N) is 3. The summed E-state index contributed by atoms with van der Waals surface area (Å²) < 4.78 is 0. The minimum absolute atomic E-state index is 0.0329. The Morgan fingerprint density at radius 1 is 0.947 bits per heavy atom. The third kappa shape index (κ3) is 9.04. The lowest BCUT2D eigenvalue weighted by molar-refractivity contribution is -0.141. The van der Waals surface area contributed by atoms with Gasteiger partial charge in [0.1, 0.15) is 18.1 Å². The zero-order valence-corrected chi connectivity index (χ0v) is 21.7. The predicted molar refractivity (Wildman–Crippen MR) is 144 cm³/mol. The van der Waals surface area contributed by atoms with Crippen molar-refractivity contribution in [3.05, 3.63) is 36.0 Å². The number of rotatable bonds is 16. The van der Waals surface area contributed by atoms with Crippen molar-refractivity contribution in [1.29, 1.82) is 0 Å². The number of amides is 4. The molecule has 1 aromatic heterocycles. The van der Waals surface area contributed by atoms with E-state index in [1.54, 1.807) is 6.20 Å². The van der Waals surface area contributed by atoms with Crippen molar-refractivity contribution in [2.75, 3.05) is 12.3 Å². The molecule has 0 aliphatic carbocycles. The number of H-pyrrole nitrogens is 1. The van der Waals surface area contributed by atoms with Crippen molar-refractivity contribution in [1.82, 2.24) is 20.9 Å². The Bertz CT molecular complexity index is 1140. The molecule has 0 saturated carbocycles. The third-order valence-electron chi connectivity index (χ3n) is 5.87. The van der Waals surface area contributed by atoms with Gasteiger partial charge in [-0.05, 0) is 37.4 Å². The van der Waals surface area contributed by atoms with Crippen LogP contribution in [0.3, 0.4) is 0 Å². The number of unbranched alkanes of at least 4 members (excludes halogenated alkanes) is 1. The molecule has 13 nitrogen and oxygen atoms in total. The molecule has 14 heteroatoms. The SMILES string of the molecule is NCCCCC(NC(=O)C(N)CC(N)=O)C(=O)NC(Cc1c[nH]c2ccccc12)C(=O)NC(CS)C(=O)O. The highest BCUT2D eigenvalue weighted by Gasteiger charge is 2.30. The molecule has 1 heterocycles. The maximum absolute atomic E-state index is 13.3. The first kappa shape index (κ1) is 30.6. The monoisotopic (exact) mass is 549 g/mol. The van der Waals surface area contributed by atoms with Gasteiger partial charge >= 0.3 is 5.97 Å². The number of aromatic amines is 1. The van der Waals surface area contributed by atoms with E-state index in [0.717, 1.165) is 10.9 Å². The summed E-state index contributed by atoms with van der Waals surface area (Å²) in [5.41, 5.74) is 17.9. The van der Waals surface area contributed by atoms with Crippen molar-refractivity contribution in [3.63, 3.8) is 0 Å². The van der Waals surface area contributed by atoms with E-state index in [1.807, 2.05) is 24.3 Å². The summed E-state index contributed by atoms with van der Waals surface area (Å²) in [6, 6.07) is 2.56. The van der Waals surface area contributed by atoms with Gasteiger partial charge in [-0.1, -0.05) is 18.2 Å². The molecule has 0 fully saturated rings. The van der Waals surface area contributed by atoms with E-state index in [0.29, 0.717) is 24.9 Å². The van der Waals surface area contributed by atoms with E-state index in [9.17, 15) is 29.1 Å². The number of thiol groups is 1. The number of hydrogen-bond donors (Lipinski definition) is 9. The number of carboxylic acids is 1. The molecule has 0 bridgehead atoms. The van der Waals surface area contributed by atoms with Crippen molar-refractivity contribution in [3.8, 4) is 0 Å².